The lowest BCUT2D eigenvalue weighted by atomic mass is 10.2. The summed E-state index contributed by atoms with van der Waals surface area (Å²) in [5.74, 6) is -1.38. The molecule has 3 aromatic rings. The minimum Gasteiger partial charge on any atom is -0.493 e. The van der Waals surface area contributed by atoms with E-state index in [-0.39, 0.29) is 11.6 Å². The molecule has 27 heavy (non-hydrogen) atoms. The average Bonchev–Trinajstić information content (AvgIpc) is 2.96. The van der Waals surface area contributed by atoms with Crippen LogP contribution in [0, 0.1) is 0 Å². The van der Waals surface area contributed by atoms with Crippen LogP contribution in [-0.4, -0.2) is 27.9 Å². The molecule has 0 fully saturated rings. The molecule has 0 radical (unpaired) electrons. The first-order chi connectivity index (χ1) is 12.9. The predicted octanol–water partition coefficient (Wildman–Crippen LogP) is 4.61. The Kier molecular flexibility index (Phi) is 5.43. The third kappa shape index (κ3) is 4.10. The maximum Gasteiger partial charge on any atom is 0.286 e. The zero-order valence-corrected chi connectivity index (χ0v) is 15.5. The van der Waals surface area contributed by atoms with Crippen molar-refractivity contribution in [1.29, 1.82) is 0 Å². The van der Waals surface area contributed by atoms with Gasteiger partial charge >= 0.3 is 0 Å². The van der Waals surface area contributed by atoms with Gasteiger partial charge in [-0.25, -0.2) is 0 Å². The summed E-state index contributed by atoms with van der Waals surface area (Å²) < 4.78 is 0. The van der Waals surface area contributed by atoms with E-state index in [4.69, 9.17) is 23.2 Å². The van der Waals surface area contributed by atoms with Crippen molar-refractivity contribution in [3.8, 4) is 5.88 Å². The fourth-order valence-corrected chi connectivity index (χ4v) is 2.95. The number of rotatable bonds is 4. The highest BCUT2D eigenvalue weighted by Gasteiger charge is 2.18. The van der Waals surface area contributed by atoms with Crippen LogP contribution < -0.4 is 5.32 Å². The molecular weight excluding hydrogens is 391 g/mol. The van der Waals surface area contributed by atoms with Gasteiger partial charge in [-0.15, -0.1) is 10.2 Å². The van der Waals surface area contributed by atoms with Gasteiger partial charge in [0.25, 0.3) is 11.8 Å². The summed E-state index contributed by atoms with van der Waals surface area (Å²) in [5, 5.41) is 21.0. The zero-order chi connectivity index (χ0) is 19.6. The van der Waals surface area contributed by atoms with E-state index in [1.165, 1.54) is 13.0 Å². The molecular formula is C18H14Cl2N4O3. The molecule has 0 aliphatic rings. The summed E-state index contributed by atoms with van der Waals surface area (Å²) in [6, 6.07) is 10.6. The first-order valence-corrected chi connectivity index (χ1v) is 8.63. The van der Waals surface area contributed by atoms with Gasteiger partial charge in [0, 0.05) is 16.0 Å². The Hall–Kier alpha value is -2.90. The Morgan fingerprint density at radius 1 is 1.19 bits per heavy atom. The van der Waals surface area contributed by atoms with Crippen molar-refractivity contribution in [1.82, 2.24) is 10.3 Å². The molecule has 3 N–H and O–H groups in total. The van der Waals surface area contributed by atoms with Crippen LogP contribution in [0.5, 0.6) is 5.88 Å². The number of nitrogens with zero attached hydrogens (tertiary/aromatic N) is 2. The van der Waals surface area contributed by atoms with Crippen molar-refractivity contribution in [2.45, 2.75) is 13.0 Å². The van der Waals surface area contributed by atoms with Gasteiger partial charge in [0.1, 0.15) is 6.04 Å². The lowest BCUT2D eigenvalue weighted by Gasteiger charge is -2.09. The van der Waals surface area contributed by atoms with Gasteiger partial charge in [-0.3, -0.25) is 9.59 Å². The Morgan fingerprint density at radius 3 is 2.59 bits per heavy atom. The second-order valence-corrected chi connectivity index (χ2v) is 6.58. The molecule has 1 heterocycles. The number of nitrogens with one attached hydrogen (secondary N) is 2. The fourth-order valence-electron chi connectivity index (χ4n) is 2.41. The number of H-pyrrole nitrogens is 1. The first-order valence-electron chi connectivity index (χ1n) is 7.88. The lowest BCUT2D eigenvalue weighted by Crippen LogP contribution is -2.37. The SMILES string of the molecule is C[C@@H](NC(=O)c1ccccc1)C(=O)N=Nc1c(O)[nH]c2c(Cl)cc(Cl)cc12. The minimum atomic E-state index is -0.902. The smallest absolute Gasteiger partial charge is 0.286 e. The van der Waals surface area contributed by atoms with Crippen LogP contribution in [-0.2, 0) is 4.79 Å². The first kappa shape index (κ1) is 18.9. The summed E-state index contributed by atoms with van der Waals surface area (Å²) in [6.07, 6.45) is 0. The summed E-state index contributed by atoms with van der Waals surface area (Å²) in [5.41, 5.74) is 0.877. The normalized spacial score (nSPS) is 12.4. The maximum atomic E-state index is 12.2. The summed E-state index contributed by atoms with van der Waals surface area (Å²) in [4.78, 5) is 26.9. The number of halogens is 2. The quantitative estimate of drug-likeness (QED) is 0.552. The molecule has 9 heteroatoms. The molecule has 0 unspecified atom stereocenters. The molecule has 1 aromatic heterocycles. The van der Waals surface area contributed by atoms with E-state index >= 15 is 0 Å². The van der Waals surface area contributed by atoms with Crippen LogP contribution in [0.1, 0.15) is 17.3 Å². The molecule has 0 spiro atoms. The number of aromatic hydroxyl groups is 1. The van der Waals surface area contributed by atoms with Crippen LogP contribution in [0.3, 0.4) is 0 Å². The van der Waals surface area contributed by atoms with Crippen molar-refractivity contribution in [2.24, 2.45) is 10.2 Å². The highest BCUT2D eigenvalue weighted by molar-refractivity contribution is 6.38. The minimum absolute atomic E-state index is 0.0318. The van der Waals surface area contributed by atoms with Crippen LogP contribution in [0.25, 0.3) is 10.9 Å². The molecule has 0 aliphatic carbocycles. The number of aromatic amines is 1. The van der Waals surface area contributed by atoms with E-state index in [9.17, 15) is 14.7 Å². The maximum absolute atomic E-state index is 12.2. The molecule has 2 amide bonds. The number of hydrogen-bond donors (Lipinski definition) is 3. The van der Waals surface area contributed by atoms with Crippen LogP contribution in [0.2, 0.25) is 10.0 Å². The molecule has 7 nitrogen and oxygen atoms in total. The van der Waals surface area contributed by atoms with Gasteiger partial charge in [-0.05, 0) is 31.2 Å². The number of aromatic nitrogens is 1. The van der Waals surface area contributed by atoms with Crippen molar-refractivity contribution < 1.29 is 14.7 Å². The van der Waals surface area contributed by atoms with Crippen molar-refractivity contribution >= 4 is 51.6 Å². The third-order valence-corrected chi connectivity index (χ3v) is 4.30. The van der Waals surface area contributed by atoms with E-state index in [0.717, 1.165) is 0 Å². The monoisotopic (exact) mass is 404 g/mol. The van der Waals surface area contributed by atoms with Gasteiger partial charge < -0.3 is 15.4 Å². The van der Waals surface area contributed by atoms with Gasteiger partial charge in [0.05, 0.1) is 10.5 Å². The molecule has 2 aromatic carbocycles. The standard InChI is InChI=1S/C18H14Cl2N4O3/c1-9(21-17(26)10-5-3-2-4-6-10)16(25)24-23-15-12-7-11(19)8-13(20)14(12)22-18(15)27/h2-9,22,27H,1H3,(H,21,26)/t9-/m1/s1. The van der Waals surface area contributed by atoms with E-state index in [1.807, 2.05) is 0 Å². The van der Waals surface area contributed by atoms with E-state index in [1.54, 1.807) is 36.4 Å². The Morgan fingerprint density at radius 2 is 1.89 bits per heavy atom. The van der Waals surface area contributed by atoms with Crippen LogP contribution in [0.15, 0.2) is 52.7 Å². The van der Waals surface area contributed by atoms with E-state index in [2.05, 4.69) is 20.5 Å². The molecule has 1 atom stereocenters. The Bertz CT molecular complexity index is 1050. The number of benzene rings is 2. The second-order valence-electron chi connectivity index (χ2n) is 5.73. The average molecular weight is 405 g/mol. The fraction of sp³-hybridized carbons (Fsp3) is 0.111. The third-order valence-electron chi connectivity index (χ3n) is 3.78. The summed E-state index contributed by atoms with van der Waals surface area (Å²) >= 11 is 12.0. The number of carbonyl (C=O) groups is 2. The van der Waals surface area contributed by atoms with Crippen LogP contribution >= 0.6 is 23.2 Å². The van der Waals surface area contributed by atoms with E-state index in [0.29, 0.717) is 26.5 Å². The highest BCUT2D eigenvalue weighted by Crippen LogP contribution is 2.40. The highest BCUT2D eigenvalue weighted by atomic mass is 35.5. The summed E-state index contributed by atoms with van der Waals surface area (Å²) in [6.45, 7) is 1.49. The van der Waals surface area contributed by atoms with Gasteiger partial charge in [-0.2, -0.15) is 0 Å². The Labute approximate surface area is 164 Å². The van der Waals surface area contributed by atoms with Gasteiger partial charge in [0.15, 0.2) is 5.69 Å². The molecule has 0 saturated carbocycles. The molecule has 0 bridgehead atoms. The number of hydrogen-bond acceptors (Lipinski definition) is 4. The molecule has 0 saturated heterocycles. The molecule has 0 aliphatic heterocycles. The number of fused-ring (bicyclic) bond motifs is 1. The number of carbonyl (C=O) groups excluding carboxylic acids is 2. The molecule has 3 rings (SSSR count). The van der Waals surface area contributed by atoms with Crippen LogP contribution in [0.4, 0.5) is 5.69 Å². The van der Waals surface area contributed by atoms with Gasteiger partial charge in [-0.1, -0.05) is 41.4 Å². The lowest BCUT2D eigenvalue weighted by molar-refractivity contribution is -0.119. The largest absolute Gasteiger partial charge is 0.493 e. The van der Waals surface area contributed by atoms with E-state index < -0.39 is 17.9 Å². The van der Waals surface area contributed by atoms with Crippen molar-refractivity contribution in [2.75, 3.05) is 0 Å². The second kappa shape index (κ2) is 7.77. The molecule has 138 valence electrons. The number of amides is 2. The Balaban J connectivity index is 1.78. The predicted molar refractivity (Wildman–Crippen MR) is 103 cm³/mol. The van der Waals surface area contributed by atoms with Crippen molar-refractivity contribution in [3.05, 3.63) is 58.1 Å². The van der Waals surface area contributed by atoms with Gasteiger partial charge in [0.2, 0.25) is 5.88 Å². The zero-order valence-electron chi connectivity index (χ0n) is 14.0. The topological polar surface area (TPSA) is 107 Å². The summed E-state index contributed by atoms with van der Waals surface area (Å²) in [7, 11) is 0. The van der Waals surface area contributed by atoms with Crippen molar-refractivity contribution in [3.63, 3.8) is 0 Å². The number of azo groups is 1.